The molecule has 0 fully saturated rings. The monoisotopic (exact) mass is 390 g/mol. The Kier molecular flexibility index (Phi) is 5.88. The van der Waals surface area contributed by atoms with Crippen molar-refractivity contribution in [1.82, 2.24) is 0 Å². The highest BCUT2D eigenvalue weighted by Crippen LogP contribution is 2.29. The number of rotatable bonds is 6. The van der Waals surface area contributed by atoms with Crippen LogP contribution < -0.4 is 15.6 Å². The van der Waals surface area contributed by atoms with Crippen molar-refractivity contribution in [1.29, 1.82) is 0 Å². The lowest BCUT2D eigenvalue weighted by Gasteiger charge is -2.40. The van der Waals surface area contributed by atoms with Gasteiger partial charge in [0.25, 0.3) is 0 Å². The number of hydrogen-bond donors (Lipinski definition) is 0. The van der Waals surface area contributed by atoms with E-state index in [1.807, 2.05) is 0 Å². The Morgan fingerprint density at radius 3 is 1.21 bits per heavy atom. The molecule has 0 N–H and O–H groups in total. The van der Waals surface area contributed by atoms with Crippen LogP contribution in [-0.2, 0) is 0 Å². The van der Waals surface area contributed by atoms with Gasteiger partial charge in [-0.15, -0.1) is 0 Å². The maximum atomic E-state index is 2.41. The zero-order chi connectivity index (χ0) is 19.9. The van der Waals surface area contributed by atoms with Gasteiger partial charge in [-0.1, -0.05) is 133 Å². The molecule has 0 amide bonds. The fourth-order valence-corrected chi connectivity index (χ4v) is 9.91. The molecular formula is C28H26Si. The van der Waals surface area contributed by atoms with Crippen molar-refractivity contribution in [2.75, 3.05) is 0 Å². The summed E-state index contributed by atoms with van der Waals surface area (Å²) in [4.78, 5) is 0. The molecule has 0 heterocycles. The van der Waals surface area contributed by atoms with Crippen molar-refractivity contribution >= 4 is 23.6 Å². The van der Waals surface area contributed by atoms with Gasteiger partial charge in [-0.2, -0.15) is 0 Å². The van der Waals surface area contributed by atoms with Crippen LogP contribution in [0, 0.1) is 0 Å². The Hall–Kier alpha value is -3.16. The summed E-state index contributed by atoms with van der Waals surface area (Å²) < 4.78 is 0. The average Bonchev–Trinajstić information content (AvgIpc) is 2.82. The van der Waals surface area contributed by atoms with Crippen LogP contribution in [0.3, 0.4) is 0 Å². The molecule has 0 aliphatic heterocycles. The summed E-state index contributed by atoms with van der Waals surface area (Å²) in [5.41, 5.74) is 1.66. The maximum Gasteiger partial charge on any atom is 0.159 e. The molecule has 142 valence electrons. The van der Waals surface area contributed by atoms with E-state index in [2.05, 4.69) is 140 Å². The fourth-order valence-electron chi connectivity index (χ4n) is 4.50. The molecule has 0 saturated carbocycles. The third-order valence-corrected chi connectivity index (χ3v) is 10.9. The Morgan fingerprint density at radius 2 is 0.862 bits per heavy atom. The first-order valence-electron chi connectivity index (χ1n) is 10.2. The molecule has 0 bridgehead atoms. The average molecular weight is 391 g/mol. The molecule has 29 heavy (non-hydrogen) atoms. The first-order chi connectivity index (χ1) is 14.4. The lowest BCUT2D eigenvalue weighted by molar-refractivity contribution is 1.16. The molecule has 4 aromatic carbocycles. The summed E-state index contributed by atoms with van der Waals surface area (Å²) in [5, 5.41) is 4.30. The van der Waals surface area contributed by atoms with Gasteiger partial charge in [-0.25, -0.2) is 0 Å². The predicted octanol–water partition coefficient (Wildman–Crippen LogP) is 5.06. The molecule has 0 aliphatic carbocycles. The van der Waals surface area contributed by atoms with Gasteiger partial charge in [0.1, 0.15) is 0 Å². The smallest absolute Gasteiger partial charge is 0.0913 e. The first kappa shape index (κ1) is 19.2. The van der Waals surface area contributed by atoms with Crippen molar-refractivity contribution in [2.45, 2.75) is 12.5 Å². The number of hydrogen-bond acceptors (Lipinski definition) is 0. The summed E-state index contributed by atoms with van der Waals surface area (Å²) in [6, 6.07) is 44.4. The van der Waals surface area contributed by atoms with Crippen LogP contribution >= 0.6 is 0 Å². The van der Waals surface area contributed by atoms with Crippen LogP contribution in [-0.4, -0.2) is 8.07 Å². The highest BCUT2D eigenvalue weighted by atomic mass is 28.3. The summed E-state index contributed by atoms with van der Waals surface area (Å²) >= 11 is 0. The van der Waals surface area contributed by atoms with Gasteiger partial charge in [0, 0.05) is 5.54 Å². The van der Waals surface area contributed by atoms with E-state index >= 15 is 0 Å². The van der Waals surface area contributed by atoms with Gasteiger partial charge in [-0.3, -0.25) is 0 Å². The summed E-state index contributed by atoms with van der Waals surface area (Å²) in [6.45, 7) is 2.13. The zero-order valence-corrected chi connectivity index (χ0v) is 17.8. The van der Waals surface area contributed by atoms with E-state index in [4.69, 9.17) is 0 Å². The van der Waals surface area contributed by atoms with E-state index in [0.29, 0.717) is 5.54 Å². The molecule has 1 atom stereocenters. The van der Waals surface area contributed by atoms with Crippen LogP contribution in [0.1, 0.15) is 18.0 Å². The van der Waals surface area contributed by atoms with E-state index < -0.39 is 8.07 Å². The summed E-state index contributed by atoms with van der Waals surface area (Å²) in [7, 11) is -2.40. The van der Waals surface area contributed by atoms with Crippen molar-refractivity contribution < 1.29 is 0 Å². The highest BCUT2D eigenvalue weighted by Gasteiger charge is 2.45. The minimum Gasteiger partial charge on any atom is -0.0913 e. The molecule has 0 aromatic heterocycles. The second kappa shape index (κ2) is 8.89. The summed E-state index contributed by atoms with van der Waals surface area (Å²) in [6.07, 6.45) is 4.63. The maximum absolute atomic E-state index is 2.41. The lowest BCUT2D eigenvalue weighted by Crippen LogP contribution is -2.70. The normalized spacial score (nSPS) is 12.7. The largest absolute Gasteiger partial charge is 0.159 e. The molecular weight excluding hydrogens is 364 g/mol. The lowest BCUT2D eigenvalue weighted by atomic mass is 10.1. The first-order valence-corrected chi connectivity index (χ1v) is 12.3. The Bertz CT molecular complexity index is 942. The van der Waals surface area contributed by atoms with Gasteiger partial charge in [0.2, 0.25) is 0 Å². The van der Waals surface area contributed by atoms with E-state index in [1.165, 1.54) is 21.1 Å². The molecule has 4 rings (SSSR count). The second-order valence-electron chi connectivity index (χ2n) is 7.32. The van der Waals surface area contributed by atoms with E-state index in [9.17, 15) is 0 Å². The SMILES string of the molecule is C/C=C\C(c1ccccc1)[Si](c1ccccc1)(c1ccccc1)c1ccccc1. The predicted molar refractivity (Wildman–Crippen MR) is 128 cm³/mol. The molecule has 0 nitrogen and oxygen atoms in total. The Balaban J connectivity index is 2.13. The molecule has 4 aromatic rings. The van der Waals surface area contributed by atoms with Gasteiger partial charge in [0.15, 0.2) is 8.07 Å². The van der Waals surface area contributed by atoms with Gasteiger partial charge < -0.3 is 0 Å². The van der Waals surface area contributed by atoms with Gasteiger partial charge in [0.05, 0.1) is 0 Å². The third-order valence-electron chi connectivity index (χ3n) is 5.70. The van der Waals surface area contributed by atoms with Crippen LogP contribution in [0.2, 0.25) is 0 Å². The third kappa shape index (κ3) is 3.62. The van der Waals surface area contributed by atoms with Crippen molar-refractivity contribution in [3.8, 4) is 0 Å². The fraction of sp³-hybridized carbons (Fsp3) is 0.0714. The highest BCUT2D eigenvalue weighted by molar-refractivity contribution is 7.12. The molecule has 0 aliphatic rings. The molecule has 1 unspecified atom stereocenters. The van der Waals surface area contributed by atoms with Crippen molar-refractivity contribution in [3.05, 3.63) is 139 Å². The quantitative estimate of drug-likeness (QED) is 0.245. The minimum atomic E-state index is -2.40. The molecule has 1 heteroatoms. The summed E-state index contributed by atoms with van der Waals surface area (Å²) in [5.74, 6) is 0. The minimum absolute atomic E-state index is 0.293. The van der Waals surface area contributed by atoms with Crippen molar-refractivity contribution in [2.24, 2.45) is 0 Å². The van der Waals surface area contributed by atoms with Gasteiger partial charge >= 0.3 is 0 Å². The van der Waals surface area contributed by atoms with Crippen molar-refractivity contribution in [3.63, 3.8) is 0 Å². The molecule has 0 saturated heterocycles. The number of allylic oxidation sites excluding steroid dienone is 2. The Labute approximate surface area is 175 Å². The second-order valence-corrected chi connectivity index (χ2v) is 11.3. The van der Waals surface area contributed by atoms with Crippen LogP contribution in [0.25, 0.3) is 0 Å². The van der Waals surface area contributed by atoms with E-state index in [0.717, 1.165) is 0 Å². The van der Waals surface area contributed by atoms with E-state index in [-0.39, 0.29) is 0 Å². The Morgan fingerprint density at radius 1 is 0.517 bits per heavy atom. The topological polar surface area (TPSA) is 0 Å². The molecule has 0 spiro atoms. The van der Waals surface area contributed by atoms with Crippen LogP contribution in [0.15, 0.2) is 133 Å². The number of benzene rings is 4. The molecule has 0 radical (unpaired) electrons. The van der Waals surface area contributed by atoms with Crippen LogP contribution in [0.4, 0.5) is 0 Å². The van der Waals surface area contributed by atoms with Crippen LogP contribution in [0.5, 0.6) is 0 Å². The zero-order valence-electron chi connectivity index (χ0n) is 16.8. The van der Waals surface area contributed by atoms with Gasteiger partial charge in [-0.05, 0) is 28.0 Å². The standard InChI is InChI=1S/C28H26Si/c1-2-15-28(24-16-7-3-8-17-24)29(25-18-9-4-10-19-25,26-20-11-5-12-21-26)27-22-13-6-14-23-27/h2-23,28H,1H3/b15-2-. The van der Waals surface area contributed by atoms with E-state index in [1.54, 1.807) is 0 Å².